The zero-order chi connectivity index (χ0) is 14.1. The topological polar surface area (TPSA) is 61.4 Å². The number of nitrogens with zero attached hydrogens (tertiary/aromatic N) is 1. The Labute approximate surface area is 116 Å². The number of oxazole rings is 1. The molecular formula is C15H17NO4. The highest BCUT2D eigenvalue weighted by molar-refractivity contribution is 6.01. The van der Waals surface area contributed by atoms with E-state index in [1.165, 1.54) is 0 Å². The van der Waals surface area contributed by atoms with Gasteiger partial charge in [0.2, 0.25) is 0 Å². The molecule has 3 rings (SSSR count). The minimum Gasteiger partial charge on any atom is -0.408 e. The molecule has 0 spiro atoms. The van der Waals surface area contributed by atoms with Crippen LogP contribution in [0.5, 0.6) is 0 Å². The Morgan fingerprint density at radius 2 is 2.30 bits per heavy atom. The molecule has 1 saturated heterocycles. The number of rotatable bonds is 4. The maximum atomic E-state index is 12.3. The summed E-state index contributed by atoms with van der Waals surface area (Å²) in [4.78, 5) is 24.0. The molecule has 2 heterocycles. The van der Waals surface area contributed by atoms with Crippen molar-refractivity contribution in [2.75, 3.05) is 6.61 Å². The number of benzene rings is 1. The first-order valence-electron chi connectivity index (χ1n) is 7.00. The van der Waals surface area contributed by atoms with E-state index in [0.717, 1.165) is 24.8 Å². The zero-order valence-electron chi connectivity index (χ0n) is 11.4. The molecule has 1 unspecified atom stereocenters. The van der Waals surface area contributed by atoms with Gasteiger partial charge < -0.3 is 9.15 Å². The van der Waals surface area contributed by atoms with Crippen LogP contribution in [-0.2, 0) is 11.3 Å². The Bertz CT molecular complexity index is 691. The molecule has 0 aliphatic carbocycles. The molecule has 1 aromatic heterocycles. The van der Waals surface area contributed by atoms with Gasteiger partial charge in [-0.1, -0.05) is 6.92 Å². The number of aryl methyl sites for hydroxylation is 1. The number of aromatic nitrogens is 1. The van der Waals surface area contributed by atoms with Gasteiger partial charge in [-0.2, -0.15) is 0 Å². The summed E-state index contributed by atoms with van der Waals surface area (Å²) in [6.45, 7) is 3.26. The standard InChI is InChI=1S/C15H17NO4/c1-2-7-16-11-6-5-10(9-13(11)20-15(16)18)14(17)12-4-3-8-19-12/h5-6,9,12H,2-4,7-8H2,1H3. The van der Waals surface area contributed by atoms with Gasteiger partial charge in [0.05, 0.1) is 5.52 Å². The molecule has 2 aromatic rings. The van der Waals surface area contributed by atoms with Crippen molar-refractivity contribution in [3.63, 3.8) is 0 Å². The first-order valence-corrected chi connectivity index (χ1v) is 7.00. The Morgan fingerprint density at radius 3 is 3.00 bits per heavy atom. The minimum absolute atomic E-state index is 0.0321. The van der Waals surface area contributed by atoms with Crippen LogP contribution in [0.15, 0.2) is 27.4 Å². The van der Waals surface area contributed by atoms with Gasteiger partial charge in [-0.3, -0.25) is 9.36 Å². The summed E-state index contributed by atoms with van der Waals surface area (Å²) in [5.74, 6) is -0.404. The van der Waals surface area contributed by atoms with Gasteiger partial charge in [0.25, 0.3) is 0 Å². The Balaban J connectivity index is 1.98. The Morgan fingerprint density at radius 1 is 1.45 bits per heavy atom. The quantitative estimate of drug-likeness (QED) is 0.804. The molecule has 1 fully saturated rings. The van der Waals surface area contributed by atoms with E-state index in [-0.39, 0.29) is 17.6 Å². The van der Waals surface area contributed by atoms with Crippen LogP contribution in [0.2, 0.25) is 0 Å². The summed E-state index contributed by atoms with van der Waals surface area (Å²) in [5, 5.41) is 0. The lowest BCUT2D eigenvalue weighted by Crippen LogP contribution is -2.19. The molecule has 1 aromatic carbocycles. The summed E-state index contributed by atoms with van der Waals surface area (Å²) in [6, 6.07) is 5.17. The number of fused-ring (bicyclic) bond motifs is 1. The van der Waals surface area contributed by atoms with Gasteiger partial charge in [-0.25, -0.2) is 4.79 Å². The van der Waals surface area contributed by atoms with Gasteiger partial charge in [0, 0.05) is 18.7 Å². The predicted octanol–water partition coefficient (Wildman–Crippen LogP) is 2.37. The molecule has 0 radical (unpaired) electrons. The van der Waals surface area contributed by atoms with Gasteiger partial charge in [-0.05, 0) is 37.5 Å². The number of carbonyl (C=O) groups is 1. The van der Waals surface area contributed by atoms with Crippen molar-refractivity contribution in [2.24, 2.45) is 0 Å². The third-order valence-corrected chi connectivity index (χ3v) is 3.62. The van der Waals surface area contributed by atoms with Crippen LogP contribution in [0.25, 0.3) is 11.1 Å². The maximum Gasteiger partial charge on any atom is 0.419 e. The van der Waals surface area contributed by atoms with Crippen molar-refractivity contribution < 1.29 is 13.9 Å². The minimum atomic E-state index is -0.372. The lowest BCUT2D eigenvalue weighted by molar-refractivity contribution is 0.0643. The smallest absolute Gasteiger partial charge is 0.408 e. The second-order valence-corrected chi connectivity index (χ2v) is 5.07. The summed E-state index contributed by atoms with van der Waals surface area (Å²) >= 11 is 0. The van der Waals surface area contributed by atoms with Crippen LogP contribution >= 0.6 is 0 Å². The number of ketones is 1. The van der Waals surface area contributed by atoms with Crippen molar-refractivity contribution in [1.82, 2.24) is 4.57 Å². The summed E-state index contributed by atoms with van der Waals surface area (Å²) < 4.78 is 12.2. The second-order valence-electron chi connectivity index (χ2n) is 5.07. The highest BCUT2D eigenvalue weighted by Gasteiger charge is 2.25. The number of carbonyl (C=O) groups excluding carboxylic acids is 1. The fraction of sp³-hybridized carbons (Fsp3) is 0.467. The van der Waals surface area contributed by atoms with Crippen molar-refractivity contribution in [3.8, 4) is 0 Å². The van der Waals surface area contributed by atoms with Crippen LogP contribution in [-0.4, -0.2) is 23.1 Å². The van der Waals surface area contributed by atoms with Gasteiger partial charge in [-0.15, -0.1) is 0 Å². The number of hydrogen-bond donors (Lipinski definition) is 0. The van der Waals surface area contributed by atoms with Crippen molar-refractivity contribution in [1.29, 1.82) is 0 Å². The van der Waals surface area contributed by atoms with Crippen molar-refractivity contribution in [2.45, 2.75) is 38.8 Å². The van der Waals surface area contributed by atoms with E-state index in [2.05, 4.69) is 0 Å². The van der Waals surface area contributed by atoms with Gasteiger partial charge in [0.15, 0.2) is 11.4 Å². The van der Waals surface area contributed by atoms with Gasteiger partial charge >= 0.3 is 5.76 Å². The zero-order valence-corrected chi connectivity index (χ0v) is 11.4. The first-order chi connectivity index (χ1) is 9.70. The van der Waals surface area contributed by atoms with Crippen molar-refractivity contribution in [3.05, 3.63) is 34.3 Å². The number of Topliss-reactive ketones (excluding diaryl/α,β-unsaturated/α-hetero) is 1. The molecular weight excluding hydrogens is 258 g/mol. The lowest BCUT2D eigenvalue weighted by atomic mass is 10.0. The highest BCUT2D eigenvalue weighted by Crippen LogP contribution is 2.21. The monoisotopic (exact) mass is 275 g/mol. The number of hydrogen-bond acceptors (Lipinski definition) is 4. The van der Waals surface area contributed by atoms with Gasteiger partial charge in [0.1, 0.15) is 6.10 Å². The Hall–Kier alpha value is -1.88. The third kappa shape index (κ3) is 2.18. The average molecular weight is 275 g/mol. The van der Waals surface area contributed by atoms with Crippen LogP contribution in [0.4, 0.5) is 0 Å². The summed E-state index contributed by atoms with van der Waals surface area (Å²) in [6.07, 6.45) is 2.18. The van der Waals surface area contributed by atoms with Crippen LogP contribution in [0, 0.1) is 0 Å². The first kappa shape index (κ1) is 13.1. The molecule has 0 bridgehead atoms. The van der Waals surface area contributed by atoms with E-state index < -0.39 is 0 Å². The predicted molar refractivity (Wildman–Crippen MR) is 74.1 cm³/mol. The molecule has 5 heteroatoms. The molecule has 106 valence electrons. The normalized spacial score (nSPS) is 18.8. The van der Waals surface area contributed by atoms with E-state index in [1.807, 2.05) is 6.92 Å². The van der Waals surface area contributed by atoms with Crippen LogP contribution in [0.1, 0.15) is 36.5 Å². The number of ether oxygens (including phenoxy) is 1. The largest absolute Gasteiger partial charge is 0.419 e. The molecule has 0 N–H and O–H groups in total. The maximum absolute atomic E-state index is 12.3. The van der Waals surface area contributed by atoms with E-state index in [1.54, 1.807) is 22.8 Å². The second kappa shape index (κ2) is 5.25. The SMILES string of the molecule is CCCn1c(=O)oc2cc(C(=O)C3CCCO3)ccc21. The van der Waals surface area contributed by atoms with E-state index >= 15 is 0 Å². The van der Waals surface area contributed by atoms with E-state index in [0.29, 0.717) is 24.3 Å². The van der Waals surface area contributed by atoms with E-state index in [9.17, 15) is 9.59 Å². The Kier molecular flexibility index (Phi) is 3.44. The molecule has 0 amide bonds. The van der Waals surface area contributed by atoms with Crippen molar-refractivity contribution >= 4 is 16.9 Å². The summed E-state index contributed by atoms with van der Waals surface area (Å²) in [5.41, 5.74) is 1.75. The molecule has 20 heavy (non-hydrogen) atoms. The molecule has 0 saturated carbocycles. The van der Waals surface area contributed by atoms with E-state index in [4.69, 9.17) is 9.15 Å². The molecule has 5 nitrogen and oxygen atoms in total. The highest BCUT2D eigenvalue weighted by atomic mass is 16.5. The fourth-order valence-corrected chi connectivity index (χ4v) is 2.63. The molecule has 1 atom stereocenters. The van der Waals surface area contributed by atoms with Crippen LogP contribution in [0.3, 0.4) is 0 Å². The third-order valence-electron chi connectivity index (χ3n) is 3.62. The molecule has 1 aliphatic heterocycles. The summed E-state index contributed by atoms with van der Waals surface area (Å²) in [7, 11) is 0. The average Bonchev–Trinajstić information content (AvgIpc) is 3.07. The molecule has 1 aliphatic rings. The lowest BCUT2D eigenvalue weighted by Gasteiger charge is -2.07. The fourth-order valence-electron chi connectivity index (χ4n) is 2.63. The van der Waals surface area contributed by atoms with Crippen LogP contribution < -0.4 is 5.76 Å².